The van der Waals surface area contributed by atoms with Crippen molar-refractivity contribution in [2.75, 3.05) is 31.2 Å². The van der Waals surface area contributed by atoms with Crippen molar-refractivity contribution in [2.45, 2.75) is 20.3 Å². The lowest BCUT2D eigenvalue weighted by Gasteiger charge is -2.10. The molecule has 0 radical (unpaired) electrons. The average Bonchev–Trinajstić information content (AvgIpc) is 2.44. The lowest BCUT2D eigenvalue weighted by Crippen LogP contribution is -2.33. The summed E-state index contributed by atoms with van der Waals surface area (Å²) in [5.41, 5.74) is 2.38. The number of amides is 1. The molecule has 3 N–H and O–H groups in total. The molecule has 1 rings (SSSR count). The number of carbonyl (C=O) groups excluding carboxylic acids is 1. The van der Waals surface area contributed by atoms with Crippen LogP contribution in [0.3, 0.4) is 0 Å². The number of sulfonamides is 1. The summed E-state index contributed by atoms with van der Waals surface area (Å²) < 4.78 is 24.7. The van der Waals surface area contributed by atoms with E-state index < -0.39 is 10.0 Å². The first-order chi connectivity index (χ1) is 9.89. The molecule has 0 aromatic heterocycles. The minimum atomic E-state index is -3.30. The Hall–Kier alpha value is -1.60. The van der Waals surface area contributed by atoms with Crippen molar-refractivity contribution in [3.8, 4) is 0 Å². The van der Waals surface area contributed by atoms with Gasteiger partial charge in [-0.15, -0.1) is 0 Å². The van der Waals surface area contributed by atoms with Crippen LogP contribution in [0.2, 0.25) is 0 Å². The van der Waals surface area contributed by atoms with E-state index >= 15 is 0 Å². The molecule has 1 aromatic carbocycles. The number of aryl methyl sites for hydroxylation is 1. The first-order valence-corrected chi connectivity index (χ1v) is 8.58. The lowest BCUT2D eigenvalue weighted by molar-refractivity contribution is 0.0955. The minimum Gasteiger partial charge on any atom is -0.385 e. The molecule has 0 heterocycles. The van der Waals surface area contributed by atoms with E-state index in [0.717, 1.165) is 24.2 Å². The number of nitrogens with one attached hydrogen (secondary N) is 3. The molecule has 118 valence electrons. The number of benzene rings is 1. The van der Waals surface area contributed by atoms with Crippen LogP contribution < -0.4 is 15.4 Å². The van der Waals surface area contributed by atoms with Gasteiger partial charge in [0.1, 0.15) is 0 Å². The minimum absolute atomic E-state index is 0.0806. The van der Waals surface area contributed by atoms with Crippen molar-refractivity contribution >= 4 is 21.6 Å². The Morgan fingerprint density at radius 1 is 1.24 bits per heavy atom. The van der Waals surface area contributed by atoms with Gasteiger partial charge in [-0.2, -0.15) is 0 Å². The van der Waals surface area contributed by atoms with Crippen molar-refractivity contribution in [3.63, 3.8) is 0 Å². The predicted octanol–water partition coefficient (Wildman–Crippen LogP) is 1.10. The highest BCUT2D eigenvalue weighted by Gasteiger charge is 2.11. The summed E-state index contributed by atoms with van der Waals surface area (Å²) in [6.45, 7) is 4.90. The van der Waals surface area contributed by atoms with E-state index in [0.29, 0.717) is 5.56 Å². The Balaban J connectivity index is 2.62. The zero-order valence-electron chi connectivity index (χ0n) is 12.7. The third-order valence-electron chi connectivity index (χ3n) is 3.02. The van der Waals surface area contributed by atoms with Gasteiger partial charge in [0.05, 0.1) is 5.75 Å². The molecule has 0 aliphatic rings. The highest BCUT2D eigenvalue weighted by Crippen LogP contribution is 2.15. The second kappa shape index (κ2) is 7.99. The first-order valence-electron chi connectivity index (χ1n) is 6.93. The van der Waals surface area contributed by atoms with E-state index in [4.69, 9.17) is 0 Å². The van der Waals surface area contributed by atoms with Crippen LogP contribution in [-0.4, -0.2) is 40.2 Å². The molecule has 0 aliphatic heterocycles. The Bertz CT molecular complexity index is 585. The van der Waals surface area contributed by atoms with E-state index in [2.05, 4.69) is 22.3 Å². The summed E-state index contributed by atoms with van der Waals surface area (Å²) in [6, 6.07) is 5.51. The summed E-state index contributed by atoms with van der Waals surface area (Å²) in [7, 11) is -1.95. The van der Waals surface area contributed by atoms with E-state index in [9.17, 15) is 13.2 Å². The zero-order valence-corrected chi connectivity index (χ0v) is 13.5. The molecular weight excluding hydrogens is 290 g/mol. The summed E-state index contributed by atoms with van der Waals surface area (Å²) in [5.74, 6) is -0.398. The van der Waals surface area contributed by atoms with Crippen LogP contribution in [0.15, 0.2) is 18.2 Å². The third kappa shape index (κ3) is 5.73. The normalized spacial score (nSPS) is 11.2. The van der Waals surface area contributed by atoms with Gasteiger partial charge in [-0.05, 0) is 44.2 Å². The second-order valence-electron chi connectivity index (χ2n) is 4.74. The number of hydrogen-bond donors (Lipinski definition) is 3. The summed E-state index contributed by atoms with van der Waals surface area (Å²) in [6.07, 6.45) is 1.03. The van der Waals surface area contributed by atoms with E-state index in [1.165, 1.54) is 7.05 Å². The molecule has 1 aromatic rings. The number of carbonyl (C=O) groups is 1. The van der Waals surface area contributed by atoms with Crippen molar-refractivity contribution in [2.24, 2.45) is 0 Å². The molecule has 0 fully saturated rings. The maximum absolute atomic E-state index is 12.0. The van der Waals surface area contributed by atoms with Crippen molar-refractivity contribution < 1.29 is 13.2 Å². The Labute approximate surface area is 126 Å². The first kappa shape index (κ1) is 17.5. The van der Waals surface area contributed by atoms with Gasteiger partial charge >= 0.3 is 0 Å². The Morgan fingerprint density at radius 3 is 2.52 bits per heavy atom. The summed E-state index contributed by atoms with van der Waals surface area (Å²) in [4.78, 5) is 12.0. The largest absolute Gasteiger partial charge is 0.385 e. The third-order valence-corrected chi connectivity index (χ3v) is 4.38. The van der Waals surface area contributed by atoms with Gasteiger partial charge < -0.3 is 10.6 Å². The molecule has 21 heavy (non-hydrogen) atoms. The Kier molecular flexibility index (Phi) is 6.64. The van der Waals surface area contributed by atoms with Gasteiger partial charge in [-0.1, -0.05) is 6.92 Å². The number of rotatable bonds is 8. The van der Waals surface area contributed by atoms with Crippen LogP contribution >= 0.6 is 0 Å². The lowest BCUT2D eigenvalue weighted by atomic mass is 10.1. The molecule has 0 saturated carbocycles. The van der Waals surface area contributed by atoms with Gasteiger partial charge in [-0.25, -0.2) is 13.1 Å². The van der Waals surface area contributed by atoms with Gasteiger partial charge in [0.2, 0.25) is 10.0 Å². The molecular formula is C14H23N3O3S. The molecule has 6 nitrogen and oxygen atoms in total. The quantitative estimate of drug-likeness (QED) is 0.670. The van der Waals surface area contributed by atoms with Crippen molar-refractivity contribution in [1.29, 1.82) is 0 Å². The Morgan fingerprint density at radius 2 is 1.95 bits per heavy atom. The highest BCUT2D eigenvalue weighted by molar-refractivity contribution is 7.89. The standard InChI is InChI=1S/C14H23N3O3S/c1-4-7-16-12-5-6-13(11(2)10-12)14(18)17-8-9-21(19,20)15-3/h5-6,10,15-16H,4,7-9H2,1-3H3,(H,17,18). The van der Waals surface area contributed by atoms with Crippen LogP contribution in [-0.2, 0) is 10.0 Å². The van der Waals surface area contributed by atoms with Crippen molar-refractivity contribution in [1.82, 2.24) is 10.0 Å². The van der Waals surface area contributed by atoms with E-state index in [1.54, 1.807) is 6.07 Å². The molecule has 0 atom stereocenters. The smallest absolute Gasteiger partial charge is 0.251 e. The van der Waals surface area contributed by atoms with Gasteiger partial charge in [0.25, 0.3) is 5.91 Å². The molecule has 0 bridgehead atoms. The fourth-order valence-electron chi connectivity index (χ4n) is 1.79. The molecule has 0 saturated heterocycles. The van der Waals surface area contributed by atoms with Gasteiger partial charge in [0, 0.05) is 24.3 Å². The molecule has 0 unspecified atom stereocenters. The fraction of sp³-hybridized carbons (Fsp3) is 0.500. The number of hydrogen-bond acceptors (Lipinski definition) is 4. The van der Waals surface area contributed by atoms with Gasteiger partial charge in [0.15, 0.2) is 0 Å². The highest BCUT2D eigenvalue weighted by atomic mass is 32.2. The molecule has 7 heteroatoms. The van der Waals surface area contributed by atoms with Crippen LogP contribution in [0.25, 0.3) is 0 Å². The topological polar surface area (TPSA) is 87.3 Å². The molecule has 1 amide bonds. The predicted molar refractivity (Wildman–Crippen MR) is 85.1 cm³/mol. The van der Waals surface area contributed by atoms with E-state index in [1.807, 2.05) is 19.1 Å². The van der Waals surface area contributed by atoms with Crippen molar-refractivity contribution in [3.05, 3.63) is 29.3 Å². The summed E-state index contributed by atoms with van der Waals surface area (Å²) in [5, 5.41) is 5.87. The van der Waals surface area contributed by atoms with Crippen LogP contribution in [0.4, 0.5) is 5.69 Å². The maximum atomic E-state index is 12.0. The molecule has 0 spiro atoms. The fourth-order valence-corrected chi connectivity index (χ4v) is 2.37. The maximum Gasteiger partial charge on any atom is 0.251 e. The monoisotopic (exact) mass is 313 g/mol. The van der Waals surface area contributed by atoms with Gasteiger partial charge in [-0.3, -0.25) is 4.79 Å². The van der Waals surface area contributed by atoms with Crippen LogP contribution in [0.1, 0.15) is 29.3 Å². The average molecular weight is 313 g/mol. The zero-order chi connectivity index (χ0) is 15.9. The van der Waals surface area contributed by atoms with E-state index in [-0.39, 0.29) is 18.2 Å². The SMILES string of the molecule is CCCNc1ccc(C(=O)NCCS(=O)(=O)NC)c(C)c1. The second-order valence-corrected chi connectivity index (χ2v) is 6.78. The van der Waals surface area contributed by atoms with Crippen LogP contribution in [0.5, 0.6) is 0 Å². The molecule has 0 aliphatic carbocycles. The van der Waals surface area contributed by atoms with Crippen LogP contribution in [0, 0.1) is 6.92 Å². The number of anilines is 1. The summed E-state index contributed by atoms with van der Waals surface area (Å²) >= 11 is 0.